The molecule has 1 aliphatic carbocycles. The maximum atomic E-state index is 12.6. The summed E-state index contributed by atoms with van der Waals surface area (Å²) in [5.74, 6) is 0.714. The van der Waals surface area contributed by atoms with E-state index < -0.39 is 0 Å². The average molecular weight is 440 g/mol. The van der Waals surface area contributed by atoms with Crippen LogP contribution < -0.4 is 5.32 Å². The Balaban J connectivity index is 1.34. The zero-order chi connectivity index (χ0) is 20.0. The summed E-state index contributed by atoms with van der Waals surface area (Å²) < 4.78 is 3.13. The van der Waals surface area contributed by atoms with Gasteiger partial charge < -0.3 is 5.32 Å². The van der Waals surface area contributed by atoms with E-state index in [0.717, 1.165) is 40.0 Å². The van der Waals surface area contributed by atoms with Crippen LogP contribution in [0.4, 0.5) is 5.00 Å². The Morgan fingerprint density at radius 3 is 3.10 bits per heavy atom. The minimum absolute atomic E-state index is 0.130. The van der Waals surface area contributed by atoms with Crippen LogP contribution >= 0.6 is 34.4 Å². The third-order valence-electron chi connectivity index (χ3n) is 5.12. The van der Waals surface area contributed by atoms with E-state index in [4.69, 9.17) is 0 Å². The molecule has 0 fully saturated rings. The number of nitrogens with one attached hydrogen (secondary N) is 1. The molecule has 1 aliphatic rings. The van der Waals surface area contributed by atoms with Crippen LogP contribution in [0.5, 0.6) is 0 Å². The zero-order valence-electron chi connectivity index (χ0n) is 15.6. The number of nitrogens with zero attached hydrogens (tertiary/aromatic N) is 4. The number of amides is 1. The standard InChI is InChI=1S/C20H17N5OS3/c1-11-6-7-12-13(9-21)18(28-16(12)8-11)22-17(26)10-27-19-23-24-20-25(19)14-4-2-3-5-15(14)29-20/h2-5,11H,6-8,10H2,1H3,(H,22,26)/t11-/m1/s1. The quantitative estimate of drug-likeness (QED) is 0.465. The average Bonchev–Trinajstić information content (AvgIpc) is 3.37. The molecule has 9 heteroatoms. The number of benzene rings is 1. The van der Waals surface area contributed by atoms with E-state index >= 15 is 0 Å². The van der Waals surface area contributed by atoms with Gasteiger partial charge in [-0.1, -0.05) is 42.2 Å². The Hall–Kier alpha value is -2.41. The van der Waals surface area contributed by atoms with Crippen LogP contribution in [0.2, 0.25) is 0 Å². The van der Waals surface area contributed by atoms with E-state index in [1.54, 1.807) is 22.7 Å². The minimum Gasteiger partial charge on any atom is -0.316 e. The first-order valence-electron chi connectivity index (χ1n) is 9.34. The van der Waals surface area contributed by atoms with E-state index in [1.165, 1.54) is 16.6 Å². The van der Waals surface area contributed by atoms with Crippen molar-refractivity contribution >= 4 is 60.5 Å². The number of thiazole rings is 1. The highest BCUT2D eigenvalue weighted by molar-refractivity contribution is 7.99. The normalized spacial score (nSPS) is 16.1. The second-order valence-corrected chi connectivity index (χ2v) is 10.2. The summed E-state index contributed by atoms with van der Waals surface area (Å²) >= 11 is 4.49. The fraction of sp³-hybridized carbons (Fsp3) is 0.300. The van der Waals surface area contributed by atoms with Gasteiger partial charge in [-0.2, -0.15) is 5.26 Å². The van der Waals surface area contributed by atoms with Crippen LogP contribution in [0.15, 0.2) is 29.4 Å². The Kier molecular flexibility index (Phi) is 4.78. The fourth-order valence-corrected chi connectivity index (χ4v) is 6.84. The van der Waals surface area contributed by atoms with E-state index in [-0.39, 0.29) is 11.7 Å². The predicted octanol–water partition coefficient (Wildman–Crippen LogP) is 4.73. The SMILES string of the molecule is C[C@@H]1CCc2c(sc(NC(=O)CSc3nnc4sc5ccccc5n34)c2C#N)C1. The summed E-state index contributed by atoms with van der Waals surface area (Å²) in [5.41, 5.74) is 2.82. The number of aromatic nitrogens is 3. The van der Waals surface area contributed by atoms with Crippen LogP contribution in [0, 0.1) is 17.2 Å². The summed E-state index contributed by atoms with van der Waals surface area (Å²) in [5, 5.41) is 22.4. The van der Waals surface area contributed by atoms with Crippen LogP contribution in [0.25, 0.3) is 15.2 Å². The highest BCUT2D eigenvalue weighted by atomic mass is 32.2. The number of nitriles is 1. The molecule has 0 aliphatic heterocycles. The lowest BCUT2D eigenvalue weighted by molar-refractivity contribution is -0.113. The number of hydrogen-bond acceptors (Lipinski definition) is 7. The number of para-hydroxylation sites is 1. The van der Waals surface area contributed by atoms with Crippen molar-refractivity contribution in [2.45, 2.75) is 31.3 Å². The van der Waals surface area contributed by atoms with Crippen LogP contribution in [0.3, 0.4) is 0 Å². The highest BCUT2D eigenvalue weighted by Crippen LogP contribution is 2.39. The summed E-state index contributed by atoms with van der Waals surface area (Å²) in [4.78, 5) is 14.7. The van der Waals surface area contributed by atoms with Gasteiger partial charge in [0.25, 0.3) is 0 Å². The van der Waals surface area contributed by atoms with Gasteiger partial charge in [0.05, 0.1) is 21.5 Å². The monoisotopic (exact) mass is 439 g/mol. The highest BCUT2D eigenvalue weighted by Gasteiger charge is 2.25. The van der Waals surface area contributed by atoms with Gasteiger partial charge in [-0.15, -0.1) is 21.5 Å². The number of hydrogen-bond donors (Lipinski definition) is 1. The molecular weight excluding hydrogens is 422 g/mol. The molecule has 0 saturated heterocycles. The van der Waals surface area contributed by atoms with Crippen LogP contribution in [-0.4, -0.2) is 26.3 Å². The molecule has 1 N–H and O–H groups in total. The molecule has 3 aromatic heterocycles. The van der Waals surface area contributed by atoms with Crippen molar-refractivity contribution in [2.75, 3.05) is 11.1 Å². The predicted molar refractivity (Wildman–Crippen MR) is 118 cm³/mol. The van der Waals surface area contributed by atoms with Crippen molar-refractivity contribution in [1.29, 1.82) is 5.26 Å². The molecule has 1 atom stereocenters. The first-order chi connectivity index (χ1) is 14.1. The number of thiophene rings is 1. The van der Waals surface area contributed by atoms with Gasteiger partial charge >= 0.3 is 0 Å². The van der Waals surface area contributed by atoms with Crippen molar-refractivity contribution in [3.05, 3.63) is 40.3 Å². The van der Waals surface area contributed by atoms with Gasteiger partial charge in [0.2, 0.25) is 10.9 Å². The molecule has 1 aromatic carbocycles. The smallest absolute Gasteiger partial charge is 0.235 e. The molecule has 0 unspecified atom stereocenters. The third kappa shape index (κ3) is 3.31. The molecule has 0 saturated carbocycles. The van der Waals surface area contributed by atoms with Crippen LogP contribution in [-0.2, 0) is 17.6 Å². The second kappa shape index (κ2) is 7.44. The van der Waals surface area contributed by atoms with Crippen molar-refractivity contribution in [2.24, 2.45) is 5.92 Å². The Morgan fingerprint density at radius 1 is 1.38 bits per heavy atom. The molecular formula is C20H17N5OS3. The Bertz CT molecular complexity index is 1280. The van der Waals surface area contributed by atoms with E-state index in [2.05, 4.69) is 34.6 Å². The fourth-order valence-electron chi connectivity index (χ4n) is 3.70. The maximum absolute atomic E-state index is 12.6. The lowest BCUT2D eigenvalue weighted by Crippen LogP contribution is -2.14. The van der Waals surface area contributed by atoms with Crippen molar-refractivity contribution in [3.63, 3.8) is 0 Å². The lowest BCUT2D eigenvalue weighted by Gasteiger charge is -2.17. The van der Waals surface area contributed by atoms with Crippen molar-refractivity contribution in [3.8, 4) is 6.07 Å². The lowest BCUT2D eigenvalue weighted by atomic mass is 9.89. The summed E-state index contributed by atoms with van der Waals surface area (Å²) in [6, 6.07) is 10.4. The van der Waals surface area contributed by atoms with Crippen LogP contribution in [0.1, 0.15) is 29.3 Å². The van der Waals surface area contributed by atoms with E-state index in [9.17, 15) is 10.1 Å². The summed E-state index contributed by atoms with van der Waals surface area (Å²) in [7, 11) is 0. The first-order valence-corrected chi connectivity index (χ1v) is 12.0. The number of carbonyl (C=O) groups is 1. The molecule has 29 heavy (non-hydrogen) atoms. The minimum atomic E-state index is -0.130. The number of thioether (sulfide) groups is 1. The number of fused-ring (bicyclic) bond motifs is 4. The molecule has 3 heterocycles. The number of carbonyl (C=O) groups excluding carboxylic acids is 1. The van der Waals surface area contributed by atoms with E-state index in [0.29, 0.717) is 21.6 Å². The first kappa shape index (κ1) is 18.6. The third-order valence-corrected chi connectivity index (χ3v) is 8.23. The van der Waals surface area contributed by atoms with Gasteiger partial charge in [0.15, 0.2) is 5.16 Å². The maximum Gasteiger partial charge on any atom is 0.235 e. The molecule has 0 bridgehead atoms. The molecule has 6 nitrogen and oxygen atoms in total. The molecule has 0 radical (unpaired) electrons. The topological polar surface area (TPSA) is 83.1 Å². The van der Waals surface area contributed by atoms with Gasteiger partial charge in [0.1, 0.15) is 11.1 Å². The second-order valence-electron chi connectivity index (χ2n) is 7.17. The van der Waals surface area contributed by atoms with Gasteiger partial charge in [-0.3, -0.25) is 9.20 Å². The molecule has 0 spiro atoms. The Labute approximate surface area is 179 Å². The van der Waals surface area contributed by atoms with Gasteiger partial charge in [0, 0.05) is 4.88 Å². The molecule has 146 valence electrons. The molecule has 4 aromatic rings. The summed E-state index contributed by atoms with van der Waals surface area (Å²) in [6.07, 6.45) is 3.00. The molecule has 5 rings (SSSR count). The van der Waals surface area contributed by atoms with Crippen molar-refractivity contribution in [1.82, 2.24) is 14.6 Å². The van der Waals surface area contributed by atoms with Crippen molar-refractivity contribution < 1.29 is 4.79 Å². The van der Waals surface area contributed by atoms with E-state index in [1.807, 2.05) is 22.6 Å². The largest absolute Gasteiger partial charge is 0.316 e. The van der Waals surface area contributed by atoms with Gasteiger partial charge in [-0.25, -0.2) is 0 Å². The Morgan fingerprint density at radius 2 is 2.24 bits per heavy atom. The number of anilines is 1. The van der Waals surface area contributed by atoms with Gasteiger partial charge in [-0.05, 0) is 42.9 Å². The number of rotatable bonds is 4. The zero-order valence-corrected chi connectivity index (χ0v) is 18.1. The molecule has 1 amide bonds. The summed E-state index contributed by atoms with van der Waals surface area (Å²) in [6.45, 7) is 2.23.